The van der Waals surface area contributed by atoms with Gasteiger partial charge in [-0.2, -0.15) is 0 Å². The summed E-state index contributed by atoms with van der Waals surface area (Å²) < 4.78 is 22.5. The Bertz CT molecular complexity index is 638. The van der Waals surface area contributed by atoms with Gasteiger partial charge in [0.25, 0.3) is 0 Å². The molecule has 0 spiro atoms. The minimum Gasteiger partial charge on any atom is -0.394 e. The zero-order valence-electron chi connectivity index (χ0n) is 17.9. The Morgan fingerprint density at radius 1 is 0.788 bits per heavy atom. The van der Waals surface area contributed by atoms with Crippen molar-refractivity contribution in [2.75, 3.05) is 13.2 Å². The first kappa shape index (κ1) is 27.0. The van der Waals surface area contributed by atoms with Gasteiger partial charge in [-0.3, -0.25) is 0 Å². The van der Waals surface area contributed by atoms with Crippen LogP contribution in [0.4, 0.5) is 0 Å². The SMILES string of the molecule is NC[C@H]1O[C@@H](OC2C(O)[C@H](N)CC(N)[C@H]2O[C@H]2OC([C@H](O)CO)[C@@H](O)C(O)C2N)C(O)C1O. The van der Waals surface area contributed by atoms with Crippen molar-refractivity contribution in [3.63, 3.8) is 0 Å². The molecule has 2 heterocycles. The Hall–Kier alpha value is -0.600. The number of rotatable bonds is 7. The van der Waals surface area contributed by atoms with Crippen molar-refractivity contribution < 1.29 is 54.7 Å². The largest absolute Gasteiger partial charge is 0.394 e. The molecule has 1 saturated carbocycles. The maximum absolute atomic E-state index is 10.7. The van der Waals surface area contributed by atoms with Crippen molar-refractivity contribution in [2.24, 2.45) is 22.9 Å². The zero-order chi connectivity index (χ0) is 24.6. The normalized spacial score (nSPS) is 52.1. The number of aliphatic hydroxyl groups excluding tert-OH is 7. The Morgan fingerprint density at radius 2 is 1.42 bits per heavy atom. The monoisotopic (exact) mass is 484 g/mol. The van der Waals surface area contributed by atoms with Crippen molar-refractivity contribution in [1.29, 1.82) is 0 Å². The first-order chi connectivity index (χ1) is 15.5. The van der Waals surface area contributed by atoms with Gasteiger partial charge in [-0.15, -0.1) is 0 Å². The maximum Gasteiger partial charge on any atom is 0.187 e. The van der Waals surface area contributed by atoms with Crippen LogP contribution < -0.4 is 22.9 Å². The van der Waals surface area contributed by atoms with E-state index in [1.165, 1.54) is 0 Å². The lowest BCUT2D eigenvalue weighted by Gasteiger charge is -2.47. The van der Waals surface area contributed by atoms with Crippen LogP contribution in [0, 0.1) is 0 Å². The van der Waals surface area contributed by atoms with Crippen LogP contribution in [-0.4, -0.2) is 141 Å². The lowest BCUT2D eigenvalue weighted by atomic mass is 9.84. The molecular formula is C18H36N4O11. The number of ether oxygens (including phenoxy) is 4. The van der Waals surface area contributed by atoms with Crippen LogP contribution >= 0.6 is 0 Å². The fourth-order valence-electron chi connectivity index (χ4n) is 4.39. The summed E-state index contributed by atoms with van der Waals surface area (Å²) in [4.78, 5) is 0. The average molecular weight is 485 g/mol. The predicted octanol–water partition coefficient (Wildman–Crippen LogP) is -7.29. The third-order valence-electron chi connectivity index (χ3n) is 6.45. The van der Waals surface area contributed by atoms with E-state index in [1.54, 1.807) is 0 Å². The van der Waals surface area contributed by atoms with Crippen LogP contribution in [0.25, 0.3) is 0 Å². The Kier molecular flexibility index (Phi) is 8.99. The van der Waals surface area contributed by atoms with Crippen molar-refractivity contribution >= 4 is 0 Å². The fourth-order valence-corrected chi connectivity index (χ4v) is 4.39. The fraction of sp³-hybridized carbons (Fsp3) is 1.00. The second kappa shape index (κ2) is 11.0. The lowest BCUT2D eigenvalue weighted by Crippen LogP contribution is -2.68. The molecule has 15 N–H and O–H groups in total. The van der Waals surface area contributed by atoms with Gasteiger partial charge in [0.1, 0.15) is 54.9 Å². The molecule has 194 valence electrons. The molecule has 33 heavy (non-hydrogen) atoms. The summed E-state index contributed by atoms with van der Waals surface area (Å²) >= 11 is 0. The van der Waals surface area contributed by atoms with E-state index in [2.05, 4.69) is 0 Å². The van der Waals surface area contributed by atoms with E-state index in [0.717, 1.165) is 0 Å². The molecule has 0 aromatic heterocycles. The third-order valence-corrected chi connectivity index (χ3v) is 6.45. The average Bonchev–Trinajstić information content (AvgIpc) is 3.06. The maximum atomic E-state index is 10.7. The predicted molar refractivity (Wildman–Crippen MR) is 108 cm³/mol. The highest BCUT2D eigenvalue weighted by molar-refractivity contribution is 5.02. The van der Waals surface area contributed by atoms with Crippen molar-refractivity contribution in [1.82, 2.24) is 0 Å². The zero-order valence-corrected chi connectivity index (χ0v) is 17.9. The van der Waals surface area contributed by atoms with Crippen LogP contribution in [0.1, 0.15) is 6.42 Å². The van der Waals surface area contributed by atoms with E-state index >= 15 is 0 Å². The molecule has 8 unspecified atom stereocenters. The topological polar surface area (TPSA) is 283 Å². The molecule has 2 saturated heterocycles. The molecule has 2 aliphatic heterocycles. The molecule has 0 amide bonds. The Morgan fingerprint density at radius 3 is 2.00 bits per heavy atom. The summed E-state index contributed by atoms with van der Waals surface area (Å²) in [5, 5.41) is 70.5. The summed E-state index contributed by atoms with van der Waals surface area (Å²) in [5.74, 6) is 0. The molecule has 0 bridgehead atoms. The van der Waals surface area contributed by atoms with Gasteiger partial charge in [-0.25, -0.2) is 0 Å². The van der Waals surface area contributed by atoms with E-state index < -0.39 is 98.4 Å². The van der Waals surface area contributed by atoms with E-state index in [1.807, 2.05) is 0 Å². The van der Waals surface area contributed by atoms with E-state index in [4.69, 9.17) is 41.9 Å². The number of aliphatic hydroxyl groups is 7. The van der Waals surface area contributed by atoms with E-state index in [-0.39, 0.29) is 13.0 Å². The smallest absolute Gasteiger partial charge is 0.187 e. The van der Waals surface area contributed by atoms with Gasteiger partial charge in [-0.1, -0.05) is 0 Å². The molecule has 3 fully saturated rings. The second-order valence-corrected chi connectivity index (χ2v) is 8.79. The molecule has 0 radical (unpaired) electrons. The summed E-state index contributed by atoms with van der Waals surface area (Å²) in [6, 6.07) is -2.95. The summed E-state index contributed by atoms with van der Waals surface area (Å²) in [5.41, 5.74) is 23.6. The molecule has 15 nitrogen and oxygen atoms in total. The number of hydrogen-bond acceptors (Lipinski definition) is 15. The Labute approximate surface area is 189 Å². The first-order valence-electron chi connectivity index (χ1n) is 10.8. The number of hydrogen-bond donors (Lipinski definition) is 11. The quantitative estimate of drug-likeness (QED) is 0.160. The highest BCUT2D eigenvalue weighted by Gasteiger charge is 2.52. The van der Waals surface area contributed by atoms with Crippen LogP contribution in [0.5, 0.6) is 0 Å². The molecule has 0 aromatic rings. The summed E-state index contributed by atoms with van der Waals surface area (Å²) in [7, 11) is 0. The molecule has 0 aromatic carbocycles. The van der Waals surface area contributed by atoms with Crippen molar-refractivity contribution in [2.45, 2.75) is 98.2 Å². The number of nitrogens with two attached hydrogens (primary N) is 4. The molecule has 3 aliphatic rings. The van der Waals surface area contributed by atoms with Gasteiger partial charge < -0.3 is 77.6 Å². The van der Waals surface area contributed by atoms with Gasteiger partial charge in [0.05, 0.1) is 18.8 Å². The lowest BCUT2D eigenvalue weighted by molar-refractivity contribution is -0.317. The van der Waals surface area contributed by atoms with Crippen LogP contribution in [0.2, 0.25) is 0 Å². The van der Waals surface area contributed by atoms with Gasteiger partial charge >= 0.3 is 0 Å². The van der Waals surface area contributed by atoms with Gasteiger partial charge in [0.2, 0.25) is 0 Å². The van der Waals surface area contributed by atoms with E-state index in [9.17, 15) is 35.7 Å². The second-order valence-electron chi connectivity index (χ2n) is 8.79. The summed E-state index contributed by atoms with van der Waals surface area (Å²) in [6.45, 7) is -0.857. The van der Waals surface area contributed by atoms with Gasteiger partial charge in [0.15, 0.2) is 12.6 Å². The minimum absolute atomic E-state index is 0.0934. The van der Waals surface area contributed by atoms with E-state index in [0.29, 0.717) is 0 Å². The molecule has 1 aliphatic carbocycles. The highest BCUT2D eigenvalue weighted by Crippen LogP contribution is 2.32. The minimum atomic E-state index is -1.61. The first-order valence-corrected chi connectivity index (χ1v) is 10.8. The molecule has 15 heteroatoms. The van der Waals surface area contributed by atoms with Gasteiger partial charge in [-0.05, 0) is 6.42 Å². The van der Waals surface area contributed by atoms with Crippen molar-refractivity contribution in [3.8, 4) is 0 Å². The van der Waals surface area contributed by atoms with Crippen LogP contribution in [0.15, 0.2) is 0 Å². The van der Waals surface area contributed by atoms with Crippen molar-refractivity contribution in [3.05, 3.63) is 0 Å². The van der Waals surface area contributed by atoms with Gasteiger partial charge in [0, 0.05) is 18.6 Å². The molecule has 15 atom stereocenters. The third kappa shape index (κ3) is 5.32. The van der Waals surface area contributed by atoms with Crippen LogP contribution in [-0.2, 0) is 18.9 Å². The standard InChI is InChI=1S/C18H36N4O11/c19-2-7-10(26)13(29)18(30-7)33-16-9(25)4(20)1-5(21)14(16)31-17-8(22)11(27)12(28)15(32-17)6(24)3-23/h4-18,23-29H,1-3,19-22H2/t4-,5?,6-,7-,8?,9?,10?,11?,12+,13?,14-,15?,16?,17+,18+/m1/s1. The Balaban J connectivity index is 1.79. The van der Waals surface area contributed by atoms with Crippen LogP contribution in [0.3, 0.4) is 0 Å². The molecular weight excluding hydrogens is 448 g/mol. The summed E-state index contributed by atoms with van der Waals surface area (Å²) in [6.07, 6.45) is -16.4. The molecule has 3 rings (SSSR count). The highest BCUT2D eigenvalue weighted by atomic mass is 16.7.